The Bertz CT molecular complexity index is 823. The molecule has 2 rings (SSSR count). The van der Waals surface area contributed by atoms with Gasteiger partial charge in [-0.2, -0.15) is 0 Å². The molecule has 0 fully saturated rings. The van der Waals surface area contributed by atoms with Crippen LogP contribution in [0.1, 0.15) is 17.5 Å². The third kappa shape index (κ3) is 6.32. The zero-order valence-electron chi connectivity index (χ0n) is 15.7. The van der Waals surface area contributed by atoms with E-state index >= 15 is 0 Å². The van der Waals surface area contributed by atoms with Crippen LogP contribution in [0.5, 0.6) is 11.5 Å². The summed E-state index contributed by atoms with van der Waals surface area (Å²) >= 11 is 0. The maximum Gasteiger partial charge on any atom is 0.391 e. The van der Waals surface area contributed by atoms with Crippen molar-refractivity contribution < 1.29 is 28.5 Å². The summed E-state index contributed by atoms with van der Waals surface area (Å²) in [5.74, 6) is -0.0121. The highest BCUT2D eigenvalue weighted by molar-refractivity contribution is 5.84. The molecule has 7 heteroatoms. The van der Waals surface area contributed by atoms with E-state index in [1.54, 1.807) is 62.8 Å². The normalized spacial score (nSPS) is 11.0. The number of ether oxygens (including phenoxy) is 4. The van der Waals surface area contributed by atoms with Gasteiger partial charge in [0.05, 0.1) is 14.2 Å². The average molecular weight is 383 g/mol. The number of hydrogen-bond acceptors (Lipinski definition) is 6. The maximum atomic E-state index is 12.1. The topological polar surface area (TPSA) is 75.4 Å². The van der Waals surface area contributed by atoms with Crippen LogP contribution in [0.15, 0.2) is 48.5 Å². The van der Waals surface area contributed by atoms with Crippen molar-refractivity contribution >= 4 is 11.9 Å². The molecule has 0 aliphatic heterocycles. The molecule has 2 aromatic rings. The number of esters is 2. The molecule has 0 aliphatic rings. The number of rotatable bonds is 9. The van der Waals surface area contributed by atoms with Gasteiger partial charge in [0.15, 0.2) is 0 Å². The minimum absolute atomic E-state index is 0.00967. The molecule has 1 atom stereocenters. The second kappa shape index (κ2) is 10.6. The quantitative estimate of drug-likeness (QED) is 0.489. The van der Waals surface area contributed by atoms with Crippen LogP contribution in [0, 0.1) is 6.57 Å². The molecule has 2 aromatic carbocycles. The van der Waals surface area contributed by atoms with Crippen LogP contribution < -0.4 is 9.47 Å². The smallest absolute Gasteiger partial charge is 0.391 e. The minimum Gasteiger partial charge on any atom is -0.497 e. The lowest BCUT2D eigenvalue weighted by Crippen LogP contribution is -2.24. The molecule has 28 heavy (non-hydrogen) atoms. The first-order valence-electron chi connectivity index (χ1n) is 8.50. The van der Waals surface area contributed by atoms with E-state index < -0.39 is 18.0 Å². The summed E-state index contributed by atoms with van der Waals surface area (Å²) in [4.78, 5) is 27.2. The monoisotopic (exact) mass is 383 g/mol. The van der Waals surface area contributed by atoms with E-state index in [0.29, 0.717) is 11.5 Å². The van der Waals surface area contributed by atoms with Crippen molar-refractivity contribution in [2.45, 2.75) is 25.7 Å². The summed E-state index contributed by atoms with van der Waals surface area (Å²) in [6.45, 7) is 7.21. The van der Waals surface area contributed by atoms with Crippen molar-refractivity contribution in [3.8, 4) is 11.5 Å². The van der Waals surface area contributed by atoms with E-state index in [1.165, 1.54) is 0 Å². The zero-order chi connectivity index (χ0) is 20.4. The lowest BCUT2D eigenvalue weighted by molar-refractivity contribution is -0.152. The summed E-state index contributed by atoms with van der Waals surface area (Å²) in [5.41, 5.74) is 1.52. The molecule has 0 radical (unpaired) electrons. The summed E-state index contributed by atoms with van der Waals surface area (Å²) in [7, 11) is 3.12. The Balaban J connectivity index is 1.79. The molecule has 0 aromatic heterocycles. The molecule has 0 heterocycles. The number of methoxy groups -OCH3 is 2. The van der Waals surface area contributed by atoms with Gasteiger partial charge in [0.2, 0.25) is 0 Å². The van der Waals surface area contributed by atoms with Gasteiger partial charge in [-0.05, 0) is 35.4 Å². The van der Waals surface area contributed by atoms with E-state index in [4.69, 9.17) is 25.5 Å². The fourth-order valence-corrected chi connectivity index (χ4v) is 2.26. The molecule has 0 amide bonds. The molecular weight excluding hydrogens is 362 g/mol. The lowest BCUT2D eigenvalue weighted by atomic mass is 10.2. The van der Waals surface area contributed by atoms with Crippen molar-refractivity contribution in [3.05, 3.63) is 71.1 Å². The predicted molar refractivity (Wildman–Crippen MR) is 101 cm³/mol. The van der Waals surface area contributed by atoms with Crippen LogP contribution in [0.3, 0.4) is 0 Å². The standard InChI is InChI=1S/C21H21NO6/c1-22-19(21(24)28-14-16-6-10-18(26-3)11-7-16)12-20(23)27-13-15-4-8-17(25-2)9-5-15/h4-11,19H,12-14H2,2-3H3. The first-order valence-corrected chi connectivity index (χ1v) is 8.50. The Morgan fingerprint density at radius 3 is 1.75 bits per heavy atom. The number of nitrogens with zero attached hydrogens (tertiary/aromatic N) is 1. The zero-order valence-corrected chi connectivity index (χ0v) is 15.7. The molecule has 146 valence electrons. The van der Waals surface area contributed by atoms with Crippen molar-refractivity contribution in [3.63, 3.8) is 0 Å². The fourth-order valence-electron chi connectivity index (χ4n) is 2.26. The summed E-state index contributed by atoms with van der Waals surface area (Å²) in [6, 6.07) is 12.8. The fraction of sp³-hybridized carbons (Fsp3) is 0.286. The molecule has 1 unspecified atom stereocenters. The number of carbonyl (C=O) groups excluding carboxylic acids is 2. The second-order valence-electron chi connectivity index (χ2n) is 5.81. The van der Waals surface area contributed by atoms with Crippen LogP contribution in [-0.4, -0.2) is 32.2 Å². The van der Waals surface area contributed by atoms with E-state index in [1.807, 2.05) is 0 Å². The van der Waals surface area contributed by atoms with Gasteiger partial charge in [0.1, 0.15) is 31.1 Å². The Morgan fingerprint density at radius 2 is 1.32 bits per heavy atom. The molecule has 0 aliphatic carbocycles. The highest BCUT2D eigenvalue weighted by Crippen LogP contribution is 2.14. The molecular formula is C21H21NO6. The van der Waals surface area contributed by atoms with Crippen LogP contribution in [0.25, 0.3) is 4.85 Å². The van der Waals surface area contributed by atoms with Gasteiger partial charge in [-0.1, -0.05) is 24.3 Å². The molecule has 0 saturated heterocycles. The molecule has 0 spiro atoms. The van der Waals surface area contributed by atoms with Crippen LogP contribution >= 0.6 is 0 Å². The number of carbonyl (C=O) groups is 2. The highest BCUT2D eigenvalue weighted by Gasteiger charge is 2.29. The molecule has 0 saturated carbocycles. The highest BCUT2D eigenvalue weighted by atomic mass is 16.5. The van der Waals surface area contributed by atoms with Crippen LogP contribution in [0.2, 0.25) is 0 Å². The van der Waals surface area contributed by atoms with Crippen molar-refractivity contribution in [1.82, 2.24) is 0 Å². The summed E-state index contributed by atoms with van der Waals surface area (Å²) < 4.78 is 20.4. The third-order valence-electron chi connectivity index (χ3n) is 3.89. The van der Waals surface area contributed by atoms with Crippen molar-refractivity contribution in [2.75, 3.05) is 14.2 Å². The summed E-state index contributed by atoms with van der Waals surface area (Å²) in [6.07, 6.45) is -0.360. The van der Waals surface area contributed by atoms with Crippen LogP contribution in [-0.2, 0) is 32.3 Å². The second-order valence-corrected chi connectivity index (χ2v) is 5.81. The van der Waals surface area contributed by atoms with Crippen molar-refractivity contribution in [2.24, 2.45) is 0 Å². The van der Waals surface area contributed by atoms with E-state index in [0.717, 1.165) is 11.1 Å². The van der Waals surface area contributed by atoms with Gasteiger partial charge in [-0.3, -0.25) is 4.79 Å². The Hall–Kier alpha value is -3.53. The average Bonchev–Trinajstić information content (AvgIpc) is 2.75. The third-order valence-corrected chi connectivity index (χ3v) is 3.89. The van der Waals surface area contributed by atoms with Gasteiger partial charge in [0.25, 0.3) is 0 Å². The SMILES string of the molecule is [C-]#[N+]C(CC(=O)OCc1ccc(OC)cc1)C(=O)OCc1ccc(OC)cc1. The van der Waals surface area contributed by atoms with Gasteiger partial charge in [-0.15, -0.1) is 0 Å². The largest absolute Gasteiger partial charge is 0.497 e. The van der Waals surface area contributed by atoms with Gasteiger partial charge in [-0.25, -0.2) is 11.4 Å². The number of hydrogen-bond donors (Lipinski definition) is 0. The van der Waals surface area contributed by atoms with Crippen LogP contribution in [0.4, 0.5) is 0 Å². The maximum absolute atomic E-state index is 12.1. The molecule has 0 N–H and O–H groups in total. The molecule has 0 bridgehead atoms. The Kier molecular flexibility index (Phi) is 7.85. The first kappa shape index (κ1) is 20.8. The predicted octanol–water partition coefficient (Wildman–Crippen LogP) is 3.17. The van der Waals surface area contributed by atoms with Gasteiger partial charge in [0, 0.05) is 0 Å². The van der Waals surface area contributed by atoms with E-state index in [9.17, 15) is 9.59 Å². The summed E-state index contributed by atoms with van der Waals surface area (Å²) in [5, 5.41) is 0. The Labute approximate surface area is 163 Å². The lowest BCUT2D eigenvalue weighted by Gasteiger charge is -2.08. The Morgan fingerprint density at radius 1 is 0.857 bits per heavy atom. The van der Waals surface area contributed by atoms with E-state index in [-0.39, 0.29) is 19.6 Å². The van der Waals surface area contributed by atoms with Crippen molar-refractivity contribution in [1.29, 1.82) is 0 Å². The number of benzene rings is 2. The first-order chi connectivity index (χ1) is 13.5. The minimum atomic E-state index is -1.23. The van der Waals surface area contributed by atoms with Gasteiger partial charge < -0.3 is 23.8 Å². The van der Waals surface area contributed by atoms with Gasteiger partial charge >= 0.3 is 18.0 Å². The van der Waals surface area contributed by atoms with E-state index in [2.05, 4.69) is 4.85 Å². The molecule has 7 nitrogen and oxygen atoms in total.